The molecular formula is C27H25N3O3. The maximum Gasteiger partial charge on any atom is 0.275 e. The molecule has 0 radical (unpaired) electrons. The number of carbonyl (C=O) groups excluding carboxylic acids is 1. The molecule has 1 unspecified atom stereocenters. The van der Waals surface area contributed by atoms with Gasteiger partial charge in [-0.15, -0.1) is 0 Å². The fourth-order valence-electron chi connectivity index (χ4n) is 4.60. The first-order chi connectivity index (χ1) is 16.2. The molecule has 5 rings (SSSR count). The van der Waals surface area contributed by atoms with Crippen LogP contribution in [0.5, 0.6) is 5.75 Å². The molecule has 1 fully saturated rings. The highest BCUT2D eigenvalue weighted by Gasteiger charge is 2.33. The molecule has 4 aromatic rings. The molecule has 1 saturated heterocycles. The molecule has 33 heavy (non-hydrogen) atoms. The number of nitrogens with zero attached hydrogens (tertiary/aromatic N) is 3. The highest BCUT2D eigenvalue weighted by molar-refractivity contribution is 6.05. The molecule has 0 N–H and O–H groups in total. The molecule has 0 spiro atoms. The average molecular weight is 440 g/mol. The molecule has 1 amide bonds. The van der Waals surface area contributed by atoms with E-state index in [2.05, 4.69) is 5.10 Å². The minimum atomic E-state index is -0.197. The largest absolute Gasteiger partial charge is 0.497 e. The van der Waals surface area contributed by atoms with Gasteiger partial charge in [-0.25, -0.2) is 4.68 Å². The number of methoxy groups -OCH3 is 1. The number of aromatic nitrogens is 2. The van der Waals surface area contributed by atoms with Crippen LogP contribution in [0.1, 0.15) is 40.5 Å². The molecule has 0 bridgehead atoms. The fourth-order valence-corrected chi connectivity index (χ4v) is 4.60. The van der Waals surface area contributed by atoms with Crippen LogP contribution in [0.15, 0.2) is 83.7 Å². The van der Waals surface area contributed by atoms with Crippen LogP contribution >= 0.6 is 0 Å². The zero-order chi connectivity index (χ0) is 22.8. The van der Waals surface area contributed by atoms with Crippen LogP contribution in [-0.4, -0.2) is 34.2 Å². The van der Waals surface area contributed by atoms with Gasteiger partial charge in [0.15, 0.2) is 5.69 Å². The molecule has 0 saturated carbocycles. The van der Waals surface area contributed by atoms with Gasteiger partial charge in [0.2, 0.25) is 0 Å². The summed E-state index contributed by atoms with van der Waals surface area (Å²) in [4.78, 5) is 28.9. The van der Waals surface area contributed by atoms with E-state index in [1.807, 2.05) is 71.6 Å². The zero-order valence-electron chi connectivity index (χ0n) is 18.5. The minimum absolute atomic E-state index is 0.0531. The van der Waals surface area contributed by atoms with Gasteiger partial charge in [-0.1, -0.05) is 60.7 Å². The van der Waals surface area contributed by atoms with Gasteiger partial charge < -0.3 is 9.64 Å². The monoisotopic (exact) mass is 439 g/mol. The summed E-state index contributed by atoms with van der Waals surface area (Å²) in [5, 5.41) is 5.68. The second-order valence-corrected chi connectivity index (χ2v) is 8.28. The first-order valence-corrected chi connectivity index (χ1v) is 11.1. The van der Waals surface area contributed by atoms with E-state index in [0.717, 1.165) is 29.7 Å². The van der Waals surface area contributed by atoms with E-state index >= 15 is 0 Å². The van der Waals surface area contributed by atoms with Gasteiger partial charge >= 0.3 is 0 Å². The second-order valence-electron chi connectivity index (χ2n) is 8.28. The summed E-state index contributed by atoms with van der Waals surface area (Å²) in [5.74, 6) is 0.616. The van der Waals surface area contributed by atoms with Crippen molar-refractivity contribution in [2.45, 2.75) is 25.4 Å². The third-order valence-electron chi connectivity index (χ3n) is 6.24. The molecule has 1 aliphatic rings. The number of amides is 1. The van der Waals surface area contributed by atoms with Crippen LogP contribution in [0.2, 0.25) is 0 Å². The molecule has 1 aliphatic heterocycles. The van der Waals surface area contributed by atoms with Gasteiger partial charge in [-0.2, -0.15) is 5.10 Å². The van der Waals surface area contributed by atoms with Crippen molar-refractivity contribution in [1.29, 1.82) is 0 Å². The Bertz CT molecular complexity index is 1360. The minimum Gasteiger partial charge on any atom is -0.497 e. The van der Waals surface area contributed by atoms with E-state index in [9.17, 15) is 9.59 Å². The van der Waals surface area contributed by atoms with E-state index in [4.69, 9.17) is 4.74 Å². The molecule has 3 aromatic carbocycles. The maximum atomic E-state index is 13.8. The summed E-state index contributed by atoms with van der Waals surface area (Å²) in [6.07, 6.45) is 1.79. The van der Waals surface area contributed by atoms with Crippen LogP contribution in [0.4, 0.5) is 0 Å². The molecule has 0 aliphatic carbocycles. The fraction of sp³-hybridized carbons (Fsp3) is 0.222. The van der Waals surface area contributed by atoms with Crippen LogP contribution in [0.25, 0.3) is 10.8 Å². The van der Waals surface area contributed by atoms with E-state index in [-0.39, 0.29) is 17.5 Å². The summed E-state index contributed by atoms with van der Waals surface area (Å²) in [5.41, 5.74) is 2.12. The van der Waals surface area contributed by atoms with Crippen LogP contribution in [-0.2, 0) is 6.54 Å². The first-order valence-electron chi connectivity index (χ1n) is 11.1. The van der Waals surface area contributed by atoms with Crippen LogP contribution < -0.4 is 10.3 Å². The summed E-state index contributed by atoms with van der Waals surface area (Å²) in [6, 6.07) is 24.7. The predicted molar refractivity (Wildman–Crippen MR) is 128 cm³/mol. The highest BCUT2D eigenvalue weighted by atomic mass is 16.5. The topological polar surface area (TPSA) is 64.4 Å². The Labute approximate surface area is 192 Å². The standard InChI is InChI=1S/C27H25N3O3/c1-33-21-12-7-11-20(17-21)24-15-8-16-29(24)27(32)25-22-13-5-6-14-23(22)26(31)30(28-25)18-19-9-3-2-4-10-19/h2-7,9-14,17,24H,8,15-16,18H2,1H3. The first kappa shape index (κ1) is 20.9. The number of hydrogen-bond acceptors (Lipinski definition) is 4. The number of rotatable bonds is 5. The zero-order valence-corrected chi connectivity index (χ0v) is 18.5. The Morgan fingerprint density at radius 3 is 2.55 bits per heavy atom. The molecule has 6 heteroatoms. The molecule has 166 valence electrons. The quantitative estimate of drug-likeness (QED) is 0.461. The van der Waals surface area contributed by atoms with Crippen LogP contribution in [0, 0.1) is 0 Å². The van der Waals surface area contributed by atoms with Gasteiger partial charge in [-0.05, 0) is 42.2 Å². The van der Waals surface area contributed by atoms with Gasteiger partial charge in [0.1, 0.15) is 5.75 Å². The Balaban J connectivity index is 1.57. The summed E-state index contributed by atoms with van der Waals surface area (Å²) >= 11 is 0. The number of carbonyl (C=O) groups is 1. The van der Waals surface area contributed by atoms with Gasteiger partial charge in [0, 0.05) is 11.9 Å². The predicted octanol–water partition coefficient (Wildman–Crippen LogP) is 4.43. The van der Waals surface area contributed by atoms with Gasteiger partial charge in [0.25, 0.3) is 11.5 Å². The number of fused-ring (bicyclic) bond motifs is 1. The van der Waals surface area contributed by atoms with E-state index in [1.54, 1.807) is 19.2 Å². The second kappa shape index (κ2) is 8.90. The van der Waals surface area contributed by atoms with E-state index in [1.165, 1.54) is 4.68 Å². The van der Waals surface area contributed by atoms with E-state index < -0.39 is 0 Å². The lowest BCUT2D eigenvalue weighted by Gasteiger charge is -2.25. The average Bonchev–Trinajstić information content (AvgIpc) is 3.36. The third-order valence-corrected chi connectivity index (χ3v) is 6.24. The van der Waals surface area contributed by atoms with Crippen molar-refractivity contribution < 1.29 is 9.53 Å². The number of ether oxygens (including phenoxy) is 1. The molecule has 6 nitrogen and oxygen atoms in total. The Morgan fingerprint density at radius 1 is 1.00 bits per heavy atom. The summed E-state index contributed by atoms with van der Waals surface area (Å²) in [6.45, 7) is 0.957. The summed E-state index contributed by atoms with van der Waals surface area (Å²) in [7, 11) is 1.64. The summed E-state index contributed by atoms with van der Waals surface area (Å²) < 4.78 is 6.79. The normalized spacial score (nSPS) is 15.7. The number of hydrogen-bond donors (Lipinski definition) is 0. The van der Waals surface area contributed by atoms with Crippen molar-refractivity contribution in [2.75, 3.05) is 13.7 Å². The molecule has 1 aromatic heterocycles. The van der Waals surface area contributed by atoms with Crippen molar-refractivity contribution in [3.05, 3.63) is 106 Å². The third kappa shape index (κ3) is 4.00. The Hall–Kier alpha value is -3.93. The van der Waals surface area contributed by atoms with Crippen molar-refractivity contribution >= 4 is 16.7 Å². The SMILES string of the molecule is COc1cccc(C2CCCN2C(=O)c2nn(Cc3ccccc3)c(=O)c3ccccc23)c1. The van der Waals surface area contributed by atoms with Crippen molar-refractivity contribution in [2.24, 2.45) is 0 Å². The lowest BCUT2D eigenvalue weighted by Crippen LogP contribution is -2.34. The smallest absolute Gasteiger partial charge is 0.275 e. The Kier molecular flexibility index (Phi) is 5.65. The van der Waals surface area contributed by atoms with Crippen molar-refractivity contribution in [1.82, 2.24) is 14.7 Å². The molecule has 1 atom stereocenters. The Morgan fingerprint density at radius 2 is 1.76 bits per heavy atom. The van der Waals surface area contributed by atoms with E-state index in [0.29, 0.717) is 29.6 Å². The maximum absolute atomic E-state index is 13.8. The lowest BCUT2D eigenvalue weighted by molar-refractivity contribution is 0.0729. The lowest BCUT2D eigenvalue weighted by atomic mass is 10.0. The number of benzene rings is 3. The molecule has 2 heterocycles. The van der Waals surface area contributed by atoms with Gasteiger partial charge in [0.05, 0.1) is 25.1 Å². The van der Waals surface area contributed by atoms with Crippen LogP contribution in [0.3, 0.4) is 0 Å². The number of likely N-dealkylation sites (tertiary alicyclic amines) is 1. The van der Waals surface area contributed by atoms with Crippen molar-refractivity contribution in [3.63, 3.8) is 0 Å². The highest BCUT2D eigenvalue weighted by Crippen LogP contribution is 2.35. The molecular weight excluding hydrogens is 414 g/mol. The van der Waals surface area contributed by atoms with Crippen molar-refractivity contribution in [3.8, 4) is 5.75 Å². The van der Waals surface area contributed by atoms with Gasteiger partial charge in [-0.3, -0.25) is 9.59 Å².